The minimum atomic E-state index is 0.248. The van der Waals surface area contributed by atoms with Gasteiger partial charge in [0.1, 0.15) is 12.4 Å². The lowest BCUT2D eigenvalue weighted by Gasteiger charge is -2.17. The van der Waals surface area contributed by atoms with Crippen LogP contribution in [0.5, 0.6) is 5.75 Å². The van der Waals surface area contributed by atoms with E-state index in [0.29, 0.717) is 29.9 Å². The number of hydrogen-bond acceptors (Lipinski definition) is 3. The molecule has 1 saturated heterocycles. The van der Waals surface area contributed by atoms with E-state index >= 15 is 0 Å². The highest BCUT2D eigenvalue weighted by Crippen LogP contribution is 2.27. The molecule has 0 radical (unpaired) electrons. The first-order chi connectivity index (χ1) is 12.0. The van der Waals surface area contributed by atoms with Crippen LogP contribution in [0.1, 0.15) is 44.0 Å². The lowest BCUT2D eigenvalue weighted by atomic mass is 10.1. The summed E-state index contributed by atoms with van der Waals surface area (Å²) in [6, 6.07) is 9.37. The number of ether oxygens (including phenoxy) is 1. The average Bonchev–Trinajstić information content (AvgIpc) is 3.21. The maximum absolute atomic E-state index is 12.2. The lowest BCUT2D eigenvalue weighted by Crippen LogP contribution is -2.29. The predicted octanol–water partition coefficient (Wildman–Crippen LogP) is 4.00. The van der Waals surface area contributed by atoms with Crippen LogP contribution < -0.4 is 4.74 Å². The fraction of sp³-hybridized carbons (Fsp3) is 0.474. The number of aromatic nitrogens is 2. The number of benzene rings is 1. The van der Waals surface area contributed by atoms with Gasteiger partial charge in [-0.1, -0.05) is 31.5 Å². The van der Waals surface area contributed by atoms with Gasteiger partial charge in [-0.3, -0.25) is 9.89 Å². The van der Waals surface area contributed by atoms with Crippen molar-refractivity contribution in [2.24, 2.45) is 5.92 Å². The van der Waals surface area contributed by atoms with E-state index in [2.05, 4.69) is 24.0 Å². The van der Waals surface area contributed by atoms with Crippen molar-refractivity contribution < 1.29 is 9.53 Å². The summed E-state index contributed by atoms with van der Waals surface area (Å²) in [4.78, 5) is 14.2. The molecule has 0 aliphatic carbocycles. The smallest absolute Gasteiger partial charge is 0.222 e. The molecule has 3 rings (SSSR count). The Bertz CT molecular complexity index is 729. The summed E-state index contributed by atoms with van der Waals surface area (Å²) in [7, 11) is 0. The Balaban J connectivity index is 1.54. The number of rotatable bonds is 6. The molecule has 25 heavy (non-hydrogen) atoms. The summed E-state index contributed by atoms with van der Waals surface area (Å²) in [5.74, 6) is 1.67. The molecule has 1 aromatic carbocycles. The van der Waals surface area contributed by atoms with Gasteiger partial charge in [0.25, 0.3) is 0 Å². The molecule has 1 fully saturated rings. The van der Waals surface area contributed by atoms with Crippen LogP contribution in [-0.4, -0.2) is 34.1 Å². The maximum atomic E-state index is 12.2. The highest BCUT2D eigenvalue weighted by atomic mass is 35.5. The number of H-pyrrole nitrogens is 1. The quantitative estimate of drug-likeness (QED) is 0.845. The number of nitrogens with zero attached hydrogens (tertiary/aromatic N) is 2. The molecule has 1 aliphatic heterocycles. The van der Waals surface area contributed by atoms with E-state index in [1.807, 2.05) is 29.2 Å². The number of likely N-dealkylation sites (tertiary alicyclic amines) is 1. The first-order valence-corrected chi connectivity index (χ1v) is 9.09. The number of carbonyl (C=O) groups is 1. The Kier molecular flexibility index (Phi) is 5.63. The van der Waals surface area contributed by atoms with E-state index in [0.717, 1.165) is 36.6 Å². The second kappa shape index (κ2) is 7.91. The van der Waals surface area contributed by atoms with Gasteiger partial charge in [0, 0.05) is 30.5 Å². The number of carbonyl (C=O) groups excluding carboxylic acids is 1. The molecule has 1 N–H and O–H groups in total. The third-order valence-corrected chi connectivity index (χ3v) is 4.62. The van der Waals surface area contributed by atoms with Gasteiger partial charge in [-0.05, 0) is 36.6 Å². The van der Waals surface area contributed by atoms with Gasteiger partial charge in [0.15, 0.2) is 0 Å². The van der Waals surface area contributed by atoms with Crippen LogP contribution in [0, 0.1) is 5.92 Å². The number of hydrogen-bond donors (Lipinski definition) is 1. The topological polar surface area (TPSA) is 58.2 Å². The van der Waals surface area contributed by atoms with Gasteiger partial charge < -0.3 is 9.64 Å². The third kappa shape index (κ3) is 4.75. The summed E-state index contributed by atoms with van der Waals surface area (Å²) in [6.45, 7) is 6.13. The second-order valence-corrected chi connectivity index (χ2v) is 7.42. The van der Waals surface area contributed by atoms with Gasteiger partial charge in [0.2, 0.25) is 5.91 Å². The molecule has 1 amide bonds. The molecule has 2 aromatic rings. The number of nitrogens with one attached hydrogen (secondary N) is 1. The Morgan fingerprint density at radius 2 is 2.28 bits per heavy atom. The minimum absolute atomic E-state index is 0.248. The molecule has 2 heterocycles. The minimum Gasteiger partial charge on any atom is -0.487 e. The zero-order valence-electron chi connectivity index (χ0n) is 14.7. The zero-order valence-corrected chi connectivity index (χ0v) is 15.4. The molecule has 5 nitrogen and oxygen atoms in total. The largest absolute Gasteiger partial charge is 0.487 e. The number of halogens is 1. The molecular formula is C19H24ClN3O2. The van der Waals surface area contributed by atoms with Gasteiger partial charge in [-0.2, -0.15) is 5.10 Å². The van der Waals surface area contributed by atoms with E-state index in [-0.39, 0.29) is 5.91 Å². The lowest BCUT2D eigenvalue weighted by molar-refractivity contribution is -0.130. The van der Waals surface area contributed by atoms with Gasteiger partial charge >= 0.3 is 0 Å². The number of amides is 1. The molecule has 0 saturated carbocycles. The van der Waals surface area contributed by atoms with Crippen LogP contribution in [0.2, 0.25) is 5.02 Å². The van der Waals surface area contributed by atoms with Crippen LogP contribution >= 0.6 is 11.6 Å². The van der Waals surface area contributed by atoms with Crippen molar-refractivity contribution in [2.45, 2.75) is 39.2 Å². The van der Waals surface area contributed by atoms with Crippen LogP contribution in [0.4, 0.5) is 0 Å². The first-order valence-electron chi connectivity index (χ1n) is 8.71. The second-order valence-electron chi connectivity index (χ2n) is 6.99. The van der Waals surface area contributed by atoms with Crippen molar-refractivity contribution in [2.75, 3.05) is 13.1 Å². The fourth-order valence-electron chi connectivity index (χ4n) is 3.09. The van der Waals surface area contributed by atoms with E-state index < -0.39 is 0 Å². The SMILES string of the molecule is CC(C)CC(=O)N1CC[C@@H](c2cc(COc3cccc(Cl)c3)[nH]n2)C1. The van der Waals surface area contributed by atoms with Crippen LogP contribution in [0.25, 0.3) is 0 Å². The van der Waals surface area contributed by atoms with Crippen molar-refractivity contribution in [3.8, 4) is 5.75 Å². The number of aromatic amines is 1. The molecule has 1 aromatic heterocycles. The summed E-state index contributed by atoms with van der Waals surface area (Å²) < 4.78 is 5.73. The molecule has 6 heteroatoms. The summed E-state index contributed by atoms with van der Waals surface area (Å²) in [5, 5.41) is 8.10. The van der Waals surface area contributed by atoms with Crippen LogP contribution in [0.15, 0.2) is 30.3 Å². The standard InChI is InChI=1S/C19H24ClN3O2/c1-13(2)8-19(24)23-7-6-14(11-23)18-10-16(21-22-18)12-25-17-5-3-4-15(20)9-17/h3-5,9-10,13-14H,6-8,11-12H2,1-2H3,(H,21,22)/t14-/m1/s1. The van der Waals surface area contributed by atoms with E-state index in [9.17, 15) is 4.79 Å². The average molecular weight is 362 g/mol. The fourth-order valence-corrected chi connectivity index (χ4v) is 3.27. The van der Waals surface area contributed by atoms with E-state index in [1.165, 1.54) is 0 Å². The Labute approximate surface area is 153 Å². The van der Waals surface area contributed by atoms with Crippen molar-refractivity contribution in [1.82, 2.24) is 15.1 Å². The van der Waals surface area contributed by atoms with Gasteiger partial charge in [-0.25, -0.2) is 0 Å². The summed E-state index contributed by atoms with van der Waals surface area (Å²) in [6.07, 6.45) is 1.58. The van der Waals surface area contributed by atoms with E-state index in [1.54, 1.807) is 6.07 Å². The van der Waals surface area contributed by atoms with Crippen LogP contribution in [0.3, 0.4) is 0 Å². The molecule has 0 bridgehead atoms. The van der Waals surface area contributed by atoms with Gasteiger partial charge in [-0.15, -0.1) is 0 Å². The Morgan fingerprint density at radius 1 is 1.44 bits per heavy atom. The Hall–Kier alpha value is -2.01. The molecule has 0 spiro atoms. The highest BCUT2D eigenvalue weighted by Gasteiger charge is 2.29. The molecule has 1 atom stereocenters. The maximum Gasteiger partial charge on any atom is 0.222 e. The van der Waals surface area contributed by atoms with Crippen LogP contribution in [-0.2, 0) is 11.4 Å². The summed E-state index contributed by atoms with van der Waals surface area (Å²) >= 11 is 5.96. The van der Waals surface area contributed by atoms with E-state index in [4.69, 9.17) is 16.3 Å². The molecule has 134 valence electrons. The van der Waals surface area contributed by atoms with Crippen molar-refractivity contribution in [3.05, 3.63) is 46.7 Å². The monoisotopic (exact) mass is 361 g/mol. The van der Waals surface area contributed by atoms with Crippen molar-refractivity contribution in [1.29, 1.82) is 0 Å². The molecule has 0 unspecified atom stereocenters. The normalized spacial score (nSPS) is 17.3. The zero-order chi connectivity index (χ0) is 17.8. The van der Waals surface area contributed by atoms with Gasteiger partial charge in [0.05, 0.1) is 11.4 Å². The molecule has 1 aliphatic rings. The Morgan fingerprint density at radius 3 is 3.04 bits per heavy atom. The van der Waals surface area contributed by atoms with Crippen molar-refractivity contribution >= 4 is 17.5 Å². The summed E-state index contributed by atoms with van der Waals surface area (Å²) in [5.41, 5.74) is 1.92. The molecular weight excluding hydrogens is 338 g/mol. The van der Waals surface area contributed by atoms with Crippen molar-refractivity contribution in [3.63, 3.8) is 0 Å². The highest BCUT2D eigenvalue weighted by molar-refractivity contribution is 6.30. The first kappa shape index (κ1) is 17.8. The third-order valence-electron chi connectivity index (χ3n) is 4.38. The predicted molar refractivity (Wildman–Crippen MR) is 97.8 cm³/mol.